The zero-order valence-electron chi connectivity index (χ0n) is 30.9. The number of nitrogens with zero attached hydrogens (tertiary/aromatic N) is 5. The maximum Gasteiger partial charge on any atom is 0.235 e. The van der Waals surface area contributed by atoms with Gasteiger partial charge in [-0.05, 0) is 54.1 Å². The molecule has 5 heteroatoms. The Kier molecular flexibility index (Phi) is 6.99. The normalized spacial score (nSPS) is 15.9. The second-order valence-electron chi connectivity index (χ2n) is 15.0. The smallest absolute Gasteiger partial charge is 0.235 e. The maximum atomic E-state index is 5.44. The van der Waals surface area contributed by atoms with Crippen LogP contribution in [0.5, 0.6) is 0 Å². The first-order valence-electron chi connectivity index (χ1n) is 19.6. The lowest BCUT2D eigenvalue weighted by atomic mass is 9.91. The van der Waals surface area contributed by atoms with E-state index >= 15 is 0 Å². The Morgan fingerprint density at radius 2 is 1.00 bits per heavy atom. The summed E-state index contributed by atoms with van der Waals surface area (Å²) in [6.45, 7) is 0. The Morgan fingerprint density at radius 1 is 0.421 bits per heavy atom. The summed E-state index contributed by atoms with van der Waals surface area (Å²) in [5.74, 6) is 0.841. The highest BCUT2D eigenvalue weighted by Gasteiger charge is 2.40. The molecule has 0 bridgehead atoms. The highest BCUT2D eigenvalue weighted by molar-refractivity contribution is 6.16. The molecule has 1 aliphatic carbocycles. The van der Waals surface area contributed by atoms with E-state index in [1.54, 1.807) is 0 Å². The fourth-order valence-corrected chi connectivity index (χ4v) is 9.38. The number of hydrogen-bond acceptors (Lipinski definition) is 3. The van der Waals surface area contributed by atoms with Crippen molar-refractivity contribution in [3.63, 3.8) is 0 Å². The first-order chi connectivity index (χ1) is 28.3. The summed E-state index contributed by atoms with van der Waals surface area (Å²) in [5.41, 5.74) is 13.1. The summed E-state index contributed by atoms with van der Waals surface area (Å²) in [4.78, 5) is 13.4. The third-order valence-corrected chi connectivity index (χ3v) is 11.8. The van der Waals surface area contributed by atoms with E-state index in [0.717, 1.165) is 55.7 Å². The molecule has 10 aromatic rings. The molecule has 57 heavy (non-hydrogen) atoms. The molecule has 7 aromatic carbocycles. The zero-order valence-corrected chi connectivity index (χ0v) is 30.9. The predicted octanol–water partition coefficient (Wildman–Crippen LogP) is 12.7. The molecule has 0 N–H and O–H groups in total. The fourth-order valence-electron chi connectivity index (χ4n) is 9.38. The van der Waals surface area contributed by atoms with Crippen LogP contribution in [0.25, 0.3) is 77.8 Å². The lowest BCUT2D eigenvalue weighted by molar-refractivity contribution is 0.745. The molecule has 0 saturated heterocycles. The first-order valence-corrected chi connectivity index (χ1v) is 19.6. The molecular formula is C52H35N5. The summed E-state index contributed by atoms with van der Waals surface area (Å²) in [7, 11) is 0. The average molecular weight is 730 g/mol. The topological polar surface area (TPSA) is 38.9 Å². The summed E-state index contributed by atoms with van der Waals surface area (Å²) in [6.07, 6.45) is 9.07. The lowest BCUT2D eigenvalue weighted by Gasteiger charge is -2.29. The van der Waals surface area contributed by atoms with Crippen molar-refractivity contribution in [1.82, 2.24) is 19.1 Å². The van der Waals surface area contributed by atoms with Gasteiger partial charge in [0.15, 0.2) is 0 Å². The van der Waals surface area contributed by atoms with Crippen molar-refractivity contribution >= 4 is 55.0 Å². The summed E-state index contributed by atoms with van der Waals surface area (Å²) in [6, 6.07) is 63.0. The molecule has 5 nitrogen and oxygen atoms in total. The highest BCUT2D eigenvalue weighted by Crippen LogP contribution is 2.53. The molecule has 3 aromatic heterocycles. The van der Waals surface area contributed by atoms with Crippen LogP contribution in [0, 0.1) is 0 Å². The van der Waals surface area contributed by atoms with Crippen LogP contribution < -0.4 is 4.90 Å². The van der Waals surface area contributed by atoms with Crippen molar-refractivity contribution in [2.45, 2.75) is 12.0 Å². The first kappa shape index (κ1) is 31.8. The SMILES string of the molecule is C1=CC2c3ccc4c5cc(-n6c7ccccc7c7ccccc76)ccc5n(-c5nc(-c6ccccc6)cc(-c6ccccc6)n5)c4c3N(c3ccccc3)C2C=C1. The maximum absolute atomic E-state index is 5.44. The second kappa shape index (κ2) is 12.5. The van der Waals surface area contributed by atoms with Gasteiger partial charge in [0.2, 0.25) is 5.95 Å². The Morgan fingerprint density at radius 3 is 1.67 bits per heavy atom. The molecule has 0 saturated carbocycles. The van der Waals surface area contributed by atoms with Gasteiger partial charge in [-0.1, -0.05) is 152 Å². The van der Waals surface area contributed by atoms with Gasteiger partial charge in [0.25, 0.3) is 0 Å². The second-order valence-corrected chi connectivity index (χ2v) is 15.0. The monoisotopic (exact) mass is 729 g/mol. The molecule has 2 unspecified atom stereocenters. The van der Waals surface area contributed by atoms with Gasteiger partial charge >= 0.3 is 0 Å². The molecule has 0 spiro atoms. The van der Waals surface area contributed by atoms with Crippen LogP contribution in [-0.4, -0.2) is 25.1 Å². The van der Waals surface area contributed by atoms with Gasteiger partial charge in [-0.15, -0.1) is 0 Å². The standard InChI is InChI=1S/C52H35N5/c1-4-16-34(17-5-1)44-33-45(35-18-6-2-7-19-35)54-52(53-44)57-49-31-28-37(55-46-25-13-10-22-38(46)39-23-11-14-26-47(39)55)32-43(49)42-30-29-41-40-24-12-15-27-48(40)56(50(41)51(42)57)36-20-8-3-9-21-36/h1-33,40,48H. The molecule has 2 aliphatic rings. The van der Waals surface area contributed by atoms with E-state index in [9.17, 15) is 0 Å². The minimum Gasteiger partial charge on any atom is -0.332 e. The number of para-hydroxylation sites is 3. The van der Waals surface area contributed by atoms with Crippen LogP contribution in [0.15, 0.2) is 200 Å². The van der Waals surface area contributed by atoms with Gasteiger partial charge in [-0.3, -0.25) is 4.57 Å². The lowest BCUT2D eigenvalue weighted by Crippen LogP contribution is -2.28. The molecule has 4 heterocycles. The van der Waals surface area contributed by atoms with Crippen molar-refractivity contribution in [3.8, 4) is 34.2 Å². The molecule has 12 rings (SSSR count). The van der Waals surface area contributed by atoms with Crippen molar-refractivity contribution in [2.75, 3.05) is 4.90 Å². The molecule has 2 atom stereocenters. The Labute approximate surface area is 329 Å². The zero-order chi connectivity index (χ0) is 37.5. The van der Waals surface area contributed by atoms with Crippen molar-refractivity contribution in [2.24, 2.45) is 0 Å². The van der Waals surface area contributed by atoms with Crippen molar-refractivity contribution in [1.29, 1.82) is 0 Å². The quantitative estimate of drug-likeness (QED) is 0.177. The summed E-state index contributed by atoms with van der Waals surface area (Å²) < 4.78 is 4.74. The van der Waals surface area contributed by atoms with E-state index in [4.69, 9.17) is 9.97 Å². The Hall–Kier alpha value is -7.50. The van der Waals surface area contributed by atoms with Crippen LogP contribution in [-0.2, 0) is 0 Å². The van der Waals surface area contributed by atoms with Gasteiger partial charge in [0, 0.05) is 50.0 Å². The molecule has 0 radical (unpaired) electrons. The fraction of sp³-hybridized carbons (Fsp3) is 0.0385. The highest BCUT2D eigenvalue weighted by atomic mass is 15.2. The molecule has 0 amide bonds. The van der Waals surface area contributed by atoms with E-state index < -0.39 is 0 Å². The van der Waals surface area contributed by atoms with Crippen molar-refractivity contribution in [3.05, 3.63) is 206 Å². The third kappa shape index (κ3) is 4.82. The Bertz CT molecular complexity index is 3140. The van der Waals surface area contributed by atoms with E-state index in [0.29, 0.717) is 5.95 Å². The van der Waals surface area contributed by atoms with E-state index in [2.05, 4.69) is 214 Å². The number of fused-ring (bicyclic) bond motifs is 10. The van der Waals surface area contributed by atoms with E-state index in [1.165, 1.54) is 33.1 Å². The third-order valence-electron chi connectivity index (χ3n) is 11.8. The van der Waals surface area contributed by atoms with E-state index in [1.807, 2.05) is 0 Å². The van der Waals surface area contributed by atoms with Gasteiger partial charge in [-0.2, -0.15) is 0 Å². The number of hydrogen-bond donors (Lipinski definition) is 0. The number of aromatic nitrogens is 4. The van der Waals surface area contributed by atoms with Crippen LogP contribution in [0.3, 0.4) is 0 Å². The Balaban J connectivity index is 1.21. The largest absolute Gasteiger partial charge is 0.332 e. The van der Waals surface area contributed by atoms with Crippen LogP contribution in [0.1, 0.15) is 11.5 Å². The van der Waals surface area contributed by atoms with Crippen LogP contribution in [0.4, 0.5) is 11.4 Å². The molecule has 1 aliphatic heterocycles. The van der Waals surface area contributed by atoms with Gasteiger partial charge in [0.1, 0.15) is 0 Å². The summed E-state index contributed by atoms with van der Waals surface area (Å²) >= 11 is 0. The van der Waals surface area contributed by atoms with Crippen molar-refractivity contribution < 1.29 is 0 Å². The van der Waals surface area contributed by atoms with Gasteiger partial charge in [0.05, 0.1) is 45.2 Å². The molecular weight excluding hydrogens is 695 g/mol. The minimum absolute atomic E-state index is 0.133. The number of benzene rings is 7. The van der Waals surface area contributed by atoms with Gasteiger partial charge in [-0.25, -0.2) is 9.97 Å². The number of allylic oxidation sites excluding steroid dienone is 2. The van der Waals surface area contributed by atoms with Crippen LogP contribution >= 0.6 is 0 Å². The average Bonchev–Trinajstić information content (AvgIpc) is 3.93. The summed E-state index contributed by atoms with van der Waals surface area (Å²) in [5, 5.41) is 4.80. The van der Waals surface area contributed by atoms with E-state index in [-0.39, 0.29) is 12.0 Å². The number of anilines is 2. The minimum atomic E-state index is 0.133. The van der Waals surface area contributed by atoms with Crippen LogP contribution in [0.2, 0.25) is 0 Å². The number of rotatable bonds is 5. The predicted molar refractivity (Wildman–Crippen MR) is 235 cm³/mol. The molecule has 0 fully saturated rings. The van der Waals surface area contributed by atoms with Gasteiger partial charge < -0.3 is 9.47 Å². The molecule has 268 valence electrons.